The summed E-state index contributed by atoms with van der Waals surface area (Å²) in [7, 11) is 1.82. The van der Waals surface area contributed by atoms with Gasteiger partial charge in [0.2, 0.25) is 0 Å². The van der Waals surface area contributed by atoms with E-state index in [1.165, 1.54) is 0 Å². The average molecular weight is 264 g/mol. The van der Waals surface area contributed by atoms with Gasteiger partial charge in [-0.15, -0.1) is 0 Å². The SMILES string of the molecule is CCOc1cccc(N)c1C(=O)N(C)C(CC)CC. The minimum Gasteiger partial charge on any atom is -0.493 e. The molecule has 0 saturated heterocycles. The lowest BCUT2D eigenvalue weighted by Gasteiger charge is -2.27. The summed E-state index contributed by atoms with van der Waals surface area (Å²) in [6.07, 6.45) is 1.85. The highest BCUT2D eigenvalue weighted by molar-refractivity contribution is 6.01. The van der Waals surface area contributed by atoms with Crippen LogP contribution < -0.4 is 10.5 Å². The fourth-order valence-corrected chi connectivity index (χ4v) is 2.23. The Labute approximate surface area is 115 Å². The molecule has 2 N–H and O–H groups in total. The molecule has 0 radical (unpaired) electrons. The third kappa shape index (κ3) is 3.40. The molecular formula is C15H24N2O2. The monoisotopic (exact) mass is 264 g/mol. The maximum absolute atomic E-state index is 12.6. The van der Waals surface area contributed by atoms with Gasteiger partial charge in [0.1, 0.15) is 11.3 Å². The second-order valence-electron chi connectivity index (χ2n) is 4.54. The van der Waals surface area contributed by atoms with E-state index in [2.05, 4.69) is 13.8 Å². The topological polar surface area (TPSA) is 55.6 Å². The van der Waals surface area contributed by atoms with E-state index in [-0.39, 0.29) is 11.9 Å². The first kappa shape index (κ1) is 15.3. The molecule has 1 rings (SSSR count). The Morgan fingerprint density at radius 1 is 1.32 bits per heavy atom. The standard InChI is InChI=1S/C15H24N2O2/c1-5-11(6-2)17(4)15(18)14-12(16)9-8-10-13(14)19-7-3/h8-11H,5-7,16H2,1-4H3. The number of benzene rings is 1. The summed E-state index contributed by atoms with van der Waals surface area (Å²) in [5, 5.41) is 0. The van der Waals surface area contributed by atoms with Crippen LogP contribution >= 0.6 is 0 Å². The second-order valence-corrected chi connectivity index (χ2v) is 4.54. The van der Waals surface area contributed by atoms with Crippen LogP contribution in [-0.2, 0) is 0 Å². The number of nitrogens with zero attached hydrogens (tertiary/aromatic N) is 1. The number of hydrogen-bond acceptors (Lipinski definition) is 3. The largest absolute Gasteiger partial charge is 0.493 e. The summed E-state index contributed by atoms with van der Waals surface area (Å²) in [6.45, 7) is 6.56. The Morgan fingerprint density at radius 3 is 2.47 bits per heavy atom. The predicted octanol–water partition coefficient (Wildman–Crippen LogP) is 2.93. The molecule has 0 spiro atoms. The van der Waals surface area contributed by atoms with Gasteiger partial charge in [0, 0.05) is 18.8 Å². The van der Waals surface area contributed by atoms with Gasteiger partial charge in [-0.3, -0.25) is 4.79 Å². The predicted molar refractivity (Wildman–Crippen MR) is 78.5 cm³/mol. The number of rotatable bonds is 6. The van der Waals surface area contributed by atoms with E-state index in [1.807, 2.05) is 14.0 Å². The van der Waals surface area contributed by atoms with Crippen molar-refractivity contribution in [2.24, 2.45) is 0 Å². The minimum atomic E-state index is -0.0738. The van der Waals surface area contributed by atoms with Crippen LogP contribution in [0.1, 0.15) is 44.0 Å². The Bertz CT molecular complexity index is 428. The fraction of sp³-hybridized carbons (Fsp3) is 0.533. The maximum atomic E-state index is 12.6. The average Bonchev–Trinajstić information content (AvgIpc) is 2.40. The molecule has 1 aromatic rings. The third-order valence-corrected chi connectivity index (χ3v) is 3.38. The van der Waals surface area contributed by atoms with Crippen molar-refractivity contribution in [2.45, 2.75) is 39.7 Å². The molecule has 0 unspecified atom stereocenters. The lowest BCUT2D eigenvalue weighted by molar-refractivity contribution is 0.0720. The van der Waals surface area contributed by atoms with Crippen LogP contribution in [-0.4, -0.2) is 30.5 Å². The Kier molecular flexibility index (Phi) is 5.67. The zero-order chi connectivity index (χ0) is 14.4. The molecule has 0 aliphatic rings. The molecule has 1 aromatic carbocycles. The van der Waals surface area contributed by atoms with Crippen molar-refractivity contribution in [3.05, 3.63) is 23.8 Å². The van der Waals surface area contributed by atoms with Crippen LogP contribution in [0.2, 0.25) is 0 Å². The van der Waals surface area contributed by atoms with Gasteiger partial charge in [-0.05, 0) is 31.9 Å². The van der Waals surface area contributed by atoms with E-state index in [1.54, 1.807) is 23.1 Å². The van der Waals surface area contributed by atoms with Gasteiger partial charge in [0.25, 0.3) is 5.91 Å². The molecule has 4 heteroatoms. The van der Waals surface area contributed by atoms with Gasteiger partial charge in [-0.25, -0.2) is 0 Å². The molecule has 0 heterocycles. The Morgan fingerprint density at radius 2 is 1.95 bits per heavy atom. The number of anilines is 1. The van der Waals surface area contributed by atoms with Gasteiger partial charge in [0.05, 0.1) is 6.61 Å². The Hall–Kier alpha value is -1.71. The normalized spacial score (nSPS) is 10.6. The Balaban J connectivity index is 3.11. The van der Waals surface area contributed by atoms with Crippen LogP contribution in [0.4, 0.5) is 5.69 Å². The molecule has 0 atom stereocenters. The smallest absolute Gasteiger partial charge is 0.259 e. The van der Waals surface area contributed by atoms with Crippen molar-refractivity contribution in [3.63, 3.8) is 0 Å². The number of nitrogens with two attached hydrogens (primary N) is 1. The number of carbonyl (C=O) groups is 1. The van der Waals surface area contributed by atoms with E-state index in [4.69, 9.17) is 10.5 Å². The van der Waals surface area contributed by atoms with Crippen molar-refractivity contribution in [1.82, 2.24) is 4.90 Å². The van der Waals surface area contributed by atoms with Crippen molar-refractivity contribution < 1.29 is 9.53 Å². The maximum Gasteiger partial charge on any atom is 0.259 e. The number of ether oxygens (including phenoxy) is 1. The lowest BCUT2D eigenvalue weighted by Crippen LogP contribution is -2.36. The molecule has 106 valence electrons. The molecule has 0 bridgehead atoms. The summed E-state index contributed by atoms with van der Waals surface area (Å²) in [5.41, 5.74) is 6.88. The third-order valence-electron chi connectivity index (χ3n) is 3.38. The summed E-state index contributed by atoms with van der Waals surface area (Å²) in [5.74, 6) is 0.487. The number of hydrogen-bond donors (Lipinski definition) is 1. The van der Waals surface area contributed by atoms with Crippen molar-refractivity contribution in [2.75, 3.05) is 19.4 Å². The highest BCUT2D eigenvalue weighted by atomic mass is 16.5. The van der Waals surface area contributed by atoms with E-state index in [0.717, 1.165) is 12.8 Å². The molecule has 0 fully saturated rings. The van der Waals surface area contributed by atoms with Crippen molar-refractivity contribution in [1.29, 1.82) is 0 Å². The molecule has 4 nitrogen and oxygen atoms in total. The van der Waals surface area contributed by atoms with E-state index >= 15 is 0 Å². The van der Waals surface area contributed by atoms with E-state index in [0.29, 0.717) is 23.6 Å². The molecule has 1 amide bonds. The van der Waals surface area contributed by atoms with Gasteiger partial charge in [-0.1, -0.05) is 19.9 Å². The number of nitrogen functional groups attached to an aromatic ring is 1. The first-order valence-electron chi connectivity index (χ1n) is 6.85. The molecule has 19 heavy (non-hydrogen) atoms. The van der Waals surface area contributed by atoms with Gasteiger partial charge >= 0.3 is 0 Å². The molecule has 0 saturated carbocycles. The summed E-state index contributed by atoms with van der Waals surface area (Å²) in [4.78, 5) is 14.3. The van der Waals surface area contributed by atoms with Crippen LogP contribution in [0.3, 0.4) is 0 Å². The molecule has 0 aromatic heterocycles. The molecule has 0 aliphatic heterocycles. The summed E-state index contributed by atoms with van der Waals surface area (Å²) >= 11 is 0. The quantitative estimate of drug-likeness (QED) is 0.804. The zero-order valence-electron chi connectivity index (χ0n) is 12.3. The summed E-state index contributed by atoms with van der Waals surface area (Å²) < 4.78 is 5.51. The summed E-state index contributed by atoms with van der Waals surface area (Å²) in [6, 6.07) is 5.54. The van der Waals surface area contributed by atoms with Crippen LogP contribution in [0, 0.1) is 0 Å². The highest BCUT2D eigenvalue weighted by Gasteiger charge is 2.23. The minimum absolute atomic E-state index is 0.0738. The molecule has 0 aliphatic carbocycles. The van der Waals surface area contributed by atoms with Crippen LogP contribution in [0.5, 0.6) is 5.75 Å². The van der Waals surface area contributed by atoms with Gasteiger partial charge in [-0.2, -0.15) is 0 Å². The van der Waals surface area contributed by atoms with E-state index < -0.39 is 0 Å². The van der Waals surface area contributed by atoms with E-state index in [9.17, 15) is 4.79 Å². The van der Waals surface area contributed by atoms with Gasteiger partial charge < -0.3 is 15.4 Å². The zero-order valence-corrected chi connectivity index (χ0v) is 12.3. The fourth-order valence-electron chi connectivity index (χ4n) is 2.23. The van der Waals surface area contributed by atoms with Gasteiger partial charge in [0.15, 0.2) is 0 Å². The number of carbonyl (C=O) groups excluding carboxylic acids is 1. The van der Waals surface area contributed by atoms with Crippen LogP contribution in [0.15, 0.2) is 18.2 Å². The van der Waals surface area contributed by atoms with Crippen molar-refractivity contribution in [3.8, 4) is 5.75 Å². The van der Waals surface area contributed by atoms with Crippen molar-refractivity contribution >= 4 is 11.6 Å². The molecular weight excluding hydrogens is 240 g/mol. The lowest BCUT2D eigenvalue weighted by atomic mass is 10.1. The first-order valence-corrected chi connectivity index (χ1v) is 6.85. The number of amides is 1. The van der Waals surface area contributed by atoms with Crippen LogP contribution in [0.25, 0.3) is 0 Å². The highest BCUT2D eigenvalue weighted by Crippen LogP contribution is 2.27. The second kappa shape index (κ2) is 7.02. The first-order chi connectivity index (χ1) is 9.06.